The van der Waals surface area contributed by atoms with E-state index in [1.807, 2.05) is 0 Å². The van der Waals surface area contributed by atoms with E-state index in [9.17, 15) is 16.8 Å². The summed E-state index contributed by atoms with van der Waals surface area (Å²) in [6.45, 7) is 0.472. The first-order valence-corrected chi connectivity index (χ1v) is 5.32. The minimum absolute atomic E-state index is 0.0972. The number of rotatable bonds is 3. The van der Waals surface area contributed by atoms with Crippen LogP contribution in [0.2, 0.25) is 0 Å². The average molecular weight is 239 g/mol. The maximum absolute atomic E-state index is 9.44. The molecule has 0 radical (unpaired) electrons. The van der Waals surface area contributed by atoms with E-state index in [0.717, 1.165) is 0 Å². The average Bonchev–Trinajstić information content (AvgIpc) is 1.80. The molecule has 0 fully saturated rings. The number of hydrogen-bond acceptors (Lipinski definition) is 7. The molecule has 0 aromatic heterocycles. The first-order valence-electron chi connectivity index (χ1n) is 2.59. The van der Waals surface area contributed by atoms with Gasteiger partial charge in [-0.25, -0.2) is 0 Å². The van der Waals surface area contributed by atoms with Gasteiger partial charge in [0.2, 0.25) is 0 Å². The summed E-state index contributed by atoms with van der Waals surface area (Å²) in [5, 5.41) is 7.75. The largest absolute Gasteiger partial charge is 0.413 e. The van der Waals surface area contributed by atoms with Crippen molar-refractivity contribution in [2.75, 3.05) is 13.2 Å². The molecule has 0 unspecified atom stereocenters. The van der Waals surface area contributed by atoms with Crippen LogP contribution in [-0.4, -0.2) is 44.2 Å². The van der Waals surface area contributed by atoms with Gasteiger partial charge in [0.05, 0.1) is 6.61 Å². The van der Waals surface area contributed by atoms with Crippen molar-refractivity contribution in [3.05, 3.63) is 0 Å². The third kappa shape index (κ3) is 24.5. The van der Waals surface area contributed by atoms with E-state index in [4.69, 9.17) is 19.9 Å². The van der Waals surface area contributed by atoms with E-state index < -0.39 is 20.8 Å². The van der Waals surface area contributed by atoms with Gasteiger partial charge in [0, 0.05) is 6.54 Å². The van der Waals surface area contributed by atoms with Gasteiger partial charge in [-0.1, -0.05) is 0 Å². The van der Waals surface area contributed by atoms with Gasteiger partial charge in [-0.15, -0.1) is 3.63 Å². The molecule has 0 saturated heterocycles. The summed E-state index contributed by atoms with van der Waals surface area (Å²) < 4.78 is 55.6. The predicted molar refractivity (Wildman–Crippen MR) is 40.3 cm³/mol. The SMILES string of the molecule is NCCO.O=S(=O)(O)OS(=O)(=O)O. The normalized spacial score (nSPS) is 11.7. The molecule has 9 nitrogen and oxygen atoms in total. The van der Waals surface area contributed by atoms with Gasteiger partial charge in [-0.2, -0.15) is 16.8 Å². The molecule has 0 aliphatic rings. The fourth-order valence-corrected chi connectivity index (χ4v) is 0.978. The van der Waals surface area contributed by atoms with E-state index >= 15 is 0 Å². The Balaban J connectivity index is 0. The lowest BCUT2D eigenvalue weighted by molar-refractivity contribution is 0.306. The van der Waals surface area contributed by atoms with Crippen LogP contribution in [0.15, 0.2) is 0 Å². The minimum Gasteiger partial charge on any atom is -0.395 e. The van der Waals surface area contributed by atoms with Crippen LogP contribution in [0.4, 0.5) is 0 Å². The number of nitrogens with two attached hydrogens (primary N) is 1. The predicted octanol–water partition coefficient (Wildman–Crippen LogP) is -2.45. The monoisotopic (exact) mass is 239 g/mol. The Morgan fingerprint density at radius 3 is 1.31 bits per heavy atom. The summed E-state index contributed by atoms with van der Waals surface area (Å²) in [7, 11) is -10.2. The van der Waals surface area contributed by atoms with E-state index in [0.29, 0.717) is 6.54 Å². The molecule has 0 bridgehead atoms. The molecule has 13 heavy (non-hydrogen) atoms. The molecule has 0 amide bonds. The second-order valence-corrected chi connectivity index (χ2v) is 3.69. The molecule has 0 aromatic carbocycles. The third-order valence-corrected chi connectivity index (χ3v) is 1.68. The van der Waals surface area contributed by atoms with Crippen molar-refractivity contribution in [1.82, 2.24) is 0 Å². The zero-order valence-corrected chi connectivity index (χ0v) is 7.82. The molecular weight excluding hydrogens is 230 g/mol. The van der Waals surface area contributed by atoms with Crippen molar-refractivity contribution < 1.29 is 34.7 Å². The fraction of sp³-hybridized carbons (Fsp3) is 1.00. The van der Waals surface area contributed by atoms with E-state index in [1.165, 1.54) is 0 Å². The summed E-state index contributed by atoms with van der Waals surface area (Å²) in [6, 6.07) is 0. The van der Waals surface area contributed by atoms with Gasteiger partial charge in [0.25, 0.3) is 0 Å². The van der Waals surface area contributed by atoms with E-state index in [1.54, 1.807) is 0 Å². The Labute approximate surface area is 75.0 Å². The lowest BCUT2D eigenvalue weighted by atomic mass is 10.8. The highest BCUT2D eigenvalue weighted by atomic mass is 32.3. The Kier molecular flexibility index (Phi) is 7.24. The molecule has 0 saturated carbocycles. The highest BCUT2D eigenvalue weighted by Crippen LogP contribution is 1.91. The molecule has 11 heteroatoms. The molecule has 0 rings (SSSR count). The Bertz CT molecular complexity index is 269. The molecule has 0 aliphatic heterocycles. The van der Waals surface area contributed by atoms with Crippen LogP contribution in [0.1, 0.15) is 0 Å². The van der Waals surface area contributed by atoms with Crippen molar-refractivity contribution in [2.24, 2.45) is 5.73 Å². The summed E-state index contributed by atoms with van der Waals surface area (Å²) in [5.74, 6) is 0. The van der Waals surface area contributed by atoms with Crippen molar-refractivity contribution >= 4 is 20.8 Å². The summed E-state index contributed by atoms with van der Waals surface area (Å²) in [4.78, 5) is 0. The van der Waals surface area contributed by atoms with Crippen molar-refractivity contribution in [1.29, 1.82) is 0 Å². The minimum atomic E-state index is -5.12. The first kappa shape index (κ1) is 15.2. The van der Waals surface area contributed by atoms with Gasteiger partial charge in [-0.3, -0.25) is 9.11 Å². The molecular formula is C2H9NO8S2. The Hall–Kier alpha value is -0.300. The molecule has 5 N–H and O–H groups in total. The standard InChI is InChI=1S/C2H7NO.H2O7S2/c3-1-2-4;1-8(2,3)7-9(4,5)6/h4H,1-3H2;(H,1,2,3)(H,4,5,6). The van der Waals surface area contributed by atoms with Crippen LogP contribution in [0.3, 0.4) is 0 Å². The molecule has 0 aromatic rings. The Morgan fingerprint density at radius 2 is 1.31 bits per heavy atom. The molecule has 82 valence electrons. The maximum atomic E-state index is 9.44. The van der Waals surface area contributed by atoms with Crippen LogP contribution < -0.4 is 5.73 Å². The molecule has 0 spiro atoms. The maximum Gasteiger partial charge on any atom is 0.413 e. The van der Waals surface area contributed by atoms with Crippen LogP contribution in [0.5, 0.6) is 0 Å². The van der Waals surface area contributed by atoms with Crippen LogP contribution >= 0.6 is 0 Å². The third-order valence-electron chi connectivity index (χ3n) is 0.301. The van der Waals surface area contributed by atoms with E-state index in [-0.39, 0.29) is 6.61 Å². The molecule has 0 aliphatic carbocycles. The van der Waals surface area contributed by atoms with Crippen LogP contribution in [0.25, 0.3) is 0 Å². The quantitative estimate of drug-likeness (QED) is 0.391. The van der Waals surface area contributed by atoms with Crippen molar-refractivity contribution in [2.45, 2.75) is 0 Å². The van der Waals surface area contributed by atoms with Gasteiger partial charge in [0.1, 0.15) is 0 Å². The topological polar surface area (TPSA) is 164 Å². The number of aliphatic hydroxyl groups is 1. The zero-order valence-electron chi connectivity index (χ0n) is 6.19. The number of hydrogen-bond donors (Lipinski definition) is 4. The smallest absolute Gasteiger partial charge is 0.395 e. The van der Waals surface area contributed by atoms with Gasteiger partial charge < -0.3 is 10.8 Å². The van der Waals surface area contributed by atoms with Gasteiger partial charge in [0.15, 0.2) is 0 Å². The van der Waals surface area contributed by atoms with E-state index in [2.05, 4.69) is 3.63 Å². The first-order chi connectivity index (χ1) is 5.62. The van der Waals surface area contributed by atoms with Crippen LogP contribution in [-0.2, 0) is 24.4 Å². The van der Waals surface area contributed by atoms with Crippen molar-refractivity contribution in [3.63, 3.8) is 0 Å². The van der Waals surface area contributed by atoms with Gasteiger partial charge in [-0.05, 0) is 0 Å². The highest BCUT2D eigenvalue weighted by molar-refractivity contribution is 7.94. The number of aliphatic hydroxyl groups excluding tert-OH is 1. The summed E-state index contributed by atoms with van der Waals surface area (Å²) in [5.41, 5.74) is 4.78. The summed E-state index contributed by atoms with van der Waals surface area (Å²) >= 11 is 0. The molecule has 0 heterocycles. The fourth-order valence-electron chi connectivity index (χ4n) is 0.109. The van der Waals surface area contributed by atoms with Gasteiger partial charge >= 0.3 is 20.8 Å². The zero-order chi connectivity index (χ0) is 11.1. The Morgan fingerprint density at radius 1 is 1.08 bits per heavy atom. The second-order valence-electron chi connectivity index (χ2n) is 1.44. The van der Waals surface area contributed by atoms with Crippen LogP contribution in [0, 0.1) is 0 Å². The highest BCUT2D eigenvalue weighted by Gasteiger charge is 2.15. The molecule has 0 atom stereocenters. The second kappa shape index (κ2) is 6.20. The lowest BCUT2D eigenvalue weighted by Crippen LogP contribution is -2.10. The summed E-state index contributed by atoms with van der Waals surface area (Å²) in [6.07, 6.45) is 0. The van der Waals surface area contributed by atoms with Crippen molar-refractivity contribution in [3.8, 4) is 0 Å². The lowest BCUT2D eigenvalue weighted by Gasteiger charge is -1.89.